The van der Waals surface area contributed by atoms with Crippen molar-refractivity contribution in [3.05, 3.63) is 94.5 Å². The zero-order valence-corrected chi connectivity index (χ0v) is 21.3. The summed E-state index contributed by atoms with van der Waals surface area (Å²) in [6, 6.07) is 17.6. The molecule has 3 aromatic rings. The molecule has 192 valence electrons. The van der Waals surface area contributed by atoms with Crippen LogP contribution in [0.3, 0.4) is 0 Å². The van der Waals surface area contributed by atoms with E-state index in [0.29, 0.717) is 43.1 Å². The van der Waals surface area contributed by atoms with Gasteiger partial charge in [-0.15, -0.1) is 0 Å². The number of sulfonamides is 1. The Kier molecular flexibility index (Phi) is 8.58. The molecule has 10 heteroatoms. The third kappa shape index (κ3) is 6.41. The third-order valence-corrected chi connectivity index (χ3v) is 8.24. The van der Waals surface area contributed by atoms with Gasteiger partial charge in [0.25, 0.3) is 0 Å². The van der Waals surface area contributed by atoms with Gasteiger partial charge in [0.2, 0.25) is 10.0 Å². The molecular weight excluding hydrogens is 510 g/mol. The van der Waals surface area contributed by atoms with E-state index in [1.54, 1.807) is 13.2 Å². The Balaban J connectivity index is 1.45. The maximum atomic E-state index is 14.2. The third-order valence-electron chi connectivity index (χ3n) is 6.07. The van der Waals surface area contributed by atoms with E-state index in [0.717, 1.165) is 23.3 Å². The van der Waals surface area contributed by atoms with E-state index in [1.165, 1.54) is 4.31 Å². The average Bonchev–Trinajstić information content (AvgIpc) is 2.86. The lowest BCUT2D eigenvalue weighted by atomic mass is 10.1. The smallest absolute Gasteiger partial charge is 0.246 e. The first-order chi connectivity index (χ1) is 17.3. The second-order valence-corrected chi connectivity index (χ2v) is 10.8. The van der Waals surface area contributed by atoms with Crippen LogP contribution in [0.1, 0.15) is 17.2 Å². The van der Waals surface area contributed by atoms with Crippen LogP contribution < -0.4 is 4.74 Å². The van der Waals surface area contributed by atoms with Gasteiger partial charge in [0.15, 0.2) is 0 Å². The fourth-order valence-electron chi connectivity index (χ4n) is 4.13. The van der Waals surface area contributed by atoms with Crippen molar-refractivity contribution in [1.29, 1.82) is 0 Å². The molecule has 1 fully saturated rings. The molecule has 0 bridgehead atoms. The maximum Gasteiger partial charge on any atom is 0.246 e. The Bertz CT molecular complexity index is 1300. The number of hydrogen-bond donors (Lipinski definition) is 0. The zero-order valence-electron chi connectivity index (χ0n) is 19.7. The van der Waals surface area contributed by atoms with E-state index < -0.39 is 26.6 Å². The van der Waals surface area contributed by atoms with Crippen molar-refractivity contribution in [1.82, 2.24) is 9.21 Å². The largest absolute Gasteiger partial charge is 0.497 e. The highest BCUT2D eigenvalue weighted by molar-refractivity contribution is 7.89. The molecule has 3 aromatic carbocycles. The van der Waals surface area contributed by atoms with Crippen molar-refractivity contribution in [3.63, 3.8) is 0 Å². The molecule has 1 heterocycles. The molecule has 4 rings (SSSR count). The quantitative estimate of drug-likeness (QED) is 0.390. The normalized spacial score (nSPS) is 16.1. The van der Waals surface area contributed by atoms with Gasteiger partial charge < -0.3 is 9.47 Å². The summed E-state index contributed by atoms with van der Waals surface area (Å²) >= 11 is 6.11. The van der Waals surface area contributed by atoms with E-state index in [4.69, 9.17) is 21.1 Å². The minimum Gasteiger partial charge on any atom is -0.497 e. The van der Waals surface area contributed by atoms with E-state index in [-0.39, 0.29) is 19.2 Å². The van der Waals surface area contributed by atoms with Crippen LogP contribution in [-0.2, 0) is 21.4 Å². The van der Waals surface area contributed by atoms with Crippen LogP contribution in [0, 0.1) is 11.6 Å². The van der Waals surface area contributed by atoms with Crippen LogP contribution in [0.5, 0.6) is 5.75 Å². The summed E-state index contributed by atoms with van der Waals surface area (Å²) in [6.45, 7) is 2.09. The average molecular weight is 537 g/mol. The fraction of sp³-hybridized carbons (Fsp3) is 0.308. The van der Waals surface area contributed by atoms with E-state index in [2.05, 4.69) is 4.90 Å². The van der Waals surface area contributed by atoms with E-state index in [1.807, 2.05) is 42.5 Å². The monoisotopic (exact) mass is 536 g/mol. The lowest BCUT2D eigenvalue weighted by molar-refractivity contribution is 0.00762. The number of ether oxygens (including phenoxy) is 2. The first-order valence-corrected chi connectivity index (χ1v) is 13.3. The first kappa shape index (κ1) is 26.5. The zero-order chi connectivity index (χ0) is 25.7. The minimum atomic E-state index is -4.07. The molecule has 6 nitrogen and oxygen atoms in total. The summed E-state index contributed by atoms with van der Waals surface area (Å²) in [5.41, 5.74) is 1.87. The van der Waals surface area contributed by atoms with Gasteiger partial charge in [0.05, 0.1) is 19.8 Å². The molecule has 0 spiro atoms. The van der Waals surface area contributed by atoms with Crippen LogP contribution in [0.25, 0.3) is 0 Å². The van der Waals surface area contributed by atoms with Gasteiger partial charge in [-0.2, -0.15) is 4.31 Å². The van der Waals surface area contributed by atoms with Crippen molar-refractivity contribution in [2.75, 3.05) is 39.8 Å². The van der Waals surface area contributed by atoms with Crippen LogP contribution in [-0.4, -0.2) is 57.5 Å². The van der Waals surface area contributed by atoms with Crippen LogP contribution in [0.2, 0.25) is 5.02 Å². The van der Waals surface area contributed by atoms with E-state index >= 15 is 0 Å². The molecule has 1 unspecified atom stereocenters. The first-order valence-electron chi connectivity index (χ1n) is 11.4. The number of rotatable bonds is 9. The molecule has 1 atom stereocenters. The molecule has 0 aromatic heterocycles. The van der Waals surface area contributed by atoms with Crippen molar-refractivity contribution in [2.24, 2.45) is 0 Å². The summed E-state index contributed by atoms with van der Waals surface area (Å²) in [6.07, 6.45) is -0.309. The highest BCUT2D eigenvalue weighted by atomic mass is 35.5. The summed E-state index contributed by atoms with van der Waals surface area (Å²) in [5, 5.41) is 0.629. The number of hydrogen-bond acceptors (Lipinski definition) is 5. The Morgan fingerprint density at radius 3 is 2.42 bits per heavy atom. The lowest BCUT2D eigenvalue weighted by Gasteiger charge is -2.36. The van der Waals surface area contributed by atoms with Gasteiger partial charge in [-0.1, -0.05) is 35.9 Å². The standard InChI is InChI=1S/C26H27ClF2N2O4S/c1-34-23-7-3-5-20(15-23)25(35-18-19-4-2-6-21(27)14-19)17-30-10-12-31(13-11-30)36(32,33)26-9-8-22(28)16-24(26)29/h2-9,14-16,25H,10-13,17-18H2,1H3. The number of nitrogens with zero attached hydrogens (tertiary/aromatic N) is 2. The Hall–Kier alpha value is -2.56. The summed E-state index contributed by atoms with van der Waals surface area (Å²) in [4.78, 5) is 1.59. The molecule has 0 N–H and O–H groups in total. The molecular formula is C26H27ClF2N2O4S. The van der Waals surface area contributed by atoms with Crippen molar-refractivity contribution in [2.45, 2.75) is 17.6 Å². The molecule has 1 aliphatic rings. The van der Waals surface area contributed by atoms with Crippen LogP contribution in [0.15, 0.2) is 71.6 Å². The Labute approximate surface area is 215 Å². The van der Waals surface area contributed by atoms with Gasteiger partial charge in [-0.05, 0) is 47.5 Å². The topological polar surface area (TPSA) is 59.1 Å². The molecule has 36 heavy (non-hydrogen) atoms. The van der Waals surface area contributed by atoms with Gasteiger partial charge >= 0.3 is 0 Å². The van der Waals surface area contributed by atoms with Gasteiger partial charge in [0, 0.05) is 43.8 Å². The van der Waals surface area contributed by atoms with Crippen LogP contribution >= 0.6 is 11.6 Å². The Morgan fingerprint density at radius 2 is 1.72 bits per heavy atom. The SMILES string of the molecule is COc1cccc(C(CN2CCN(S(=O)(=O)c3ccc(F)cc3F)CC2)OCc2cccc(Cl)c2)c1. The molecule has 0 amide bonds. The highest BCUT2D eigenvalue weighted by Crippen LogP contribution is 2.27. The van der Waals surface area contributed by atoms with Crippen molar-refractivity contribution >= 4 is 21.6 Å². The summed E-state index contributed by atoms with van der Waals surface area (Å²) in [7, 11) is -2.47. The van der Waals surface area contributed by atoms with Gasteiger partial charge in [0.1, 0.15) is 22.3 Å². The van der Waals surface area contributed by atoms with E-state index in [9.17, 15) is 17.2 Å². The Morgan fingerprint density at radius 1 is 0.972 bits per heavy atom. The number of halogens is 3. The lowest BCUT2D eigenvalue weighted by Crippen LogP contribution is -2.49. The number of benzene rings is 3. The van der Waals surface area contributed by atoms with Crippen molar-refractivity contribution in [3.8, 4) is 5.75 Å². The molecule has 0 saturated carbocycles. The van der Waals surface area contributed by atoms with Crippen LogP contribution in [0.4, 0.5) is 8.78 Å². The number of piperazine rings is 1. The van der Waals surface area contributed by atoms with Gasteiger partial charge in [-0.3, -0.25) is 4.90 Å². The highest BCUT2D eigenvalue weighted by Gasteiger charge is 2.31. The number of methoxy groups -OCH3 is 1. The minimum absolute atomic E-state index is 0.179. The maximum absolute atomic E-state index is 14.2. The summed E-state index contributed by atoms with van der Waals surface area (Å²) in [5.74, 6) is -1.20. The molecule has 0 radical (unpaired) electrons. The van der Waals surface area contributed by atoms with Gasteiger partial charge in [-0.25, -0.2) is 17.2 Å². The second kappa shape index (κ2) is 11.7. The molecule has 0 aliphatic carbocycles. The fourth-order valence-corrected chi connectivity index (χ4v) is 5.81. The summed E-state index contributed by atoms with van der Waals surface area (Å²) < 4.78 is 66.1. The predicted octanol–water partition coefficient (Wildman–Crippen LogP) is 4.89. The second-order valence-electron chi connectivity index (χ2n) is 8.49. The van der Waals surface area contributed by atoms with Crippen molar-refractivity contribution < 1.29 is 26.7 Å². The molecule has 1 aliphatic heterocycles. The molecule has 1 saturated heterocycles. The predicted molar refractivity (Wildman–Crippen MR) is 134 cm³/mol.